The van der Waals surface area contributed by atoms with Crippen molar-refractivity contribution in [3.63, 3.8) is 0 Å². The summed E-state index contributed by atoms with van der Waals surface area (Å²) in [5.41, 5.74) is 1.72. The lowest BCUT2D eigenvalue weighted by atomic mass is 10.2. The van der Waals surface area contributed by atoms with Gasteiger partial charge in [0, 0.05) is 12.6 Å². The Hall–Kier alpha value is -2.43. The number of aryl methyl sites for hydroxylation is 1. The molecule has 1 aliphatic rings. The van der Waals surface area contributed by atoms with Gasteiger partial charge in [0.2, 0.25) is 0 Å². The van der Waals surface area contributed by atoms with Crippen LogP contribution >= 0.6 is 7.60 Å². The predicted molar refractivity (Wildman–Crippen MR) is 119 cm³/mol. The molecule has 3 rings (SSSR count). The van der Waals surface area contributed by atoms with Crippen LogP contribution < -0.4 is 4.31 Å². The standard InChI is InChI=1S/C22H25N2O5PS/c1-4-28-30(25,29-5-2)22(17-23)15-19(22)16-24(20-9-7-6-8-10-20)31(26,27)21-13-11-18(3)12-14-21/h6-14,16H,4-5,15H2,1-3H3/b19-16+. The summed E-state index contributed by atoms with van der Waals surface area (Å²) in [7, 11) is -7.77. The highest BCUT2D eigenvalue weighted by molar-refractivity contribution is 7.93. The Kier molecular flexibility index (Phi) is 6.73. The van der Waals surface area contributed by atoms with Gasteiger partial charge in [-0.25, -0.2) is 12.7 Å². The Bertz CT molecular complexity index is 1150. The molecule has 164 valence electrons. The van der Waals surface area contributed by atoms with Crippen molar-refractivity contribution in [2.24, 2.45) is 0 Å². The van der Waals surface area contributed by atoms with E-state index in [0.717, 1.165) is 9.87 Å². The van der Waals surface area contributed by atoms with Gasteiger partial charge in [0.25, 0.3) is 10.0 Å². The Balaban J connectivity index is 2.11. The van der Waals surface area contributed by atoms with Crippen molar-refractivity contribution in [3.8, 4) is 6.07 Å². The molecule has 1 aliphatic carbocycles. The van der Waals surface area contributed by atoms with Crippen molar-refractivity contribution in [1.29, 1.82) is 5.26 Å². The molecule has 1 atom stereocenters. The fourth-order valence-electron chi connectivity index (χ4n) is 3.25. The number of rotatable bonds is 9. The highest BCUT2D eigenvalue weighted by atomic mass is 32.2. The zero-order valence-corrected chi connectivity index (χ0v) is 19.4. The molecule has 2 aromatic rings. The van der Waals surface area contributed by atoms with Crippen LogP contribution in [-0.2, 0) is 23.6 Å². The van der Waals surface area contributed by atoms with Gasteiger partial charge in [-0.2, -0.15) is 5.26 Å². The van der Waals surface area contributed by atoms with Crippen molar-refractivity contribution >= 4 is 23.3 Å². The van der Waals surface area contributed by atoms with Crippen molar-refractivity contribution < 1.29 is 22.0 Å². The molecule has 0 heterocycles. The molecule has 31 heavy (non-hydrogen) atoms. The summed E-state index contributed by atoms with van der Waals surface area (Å²) in [5, 5.41) is 8.37. The van der Waals surface area contributed by atoms with Crippen LogP contribution in [0.4, 0.5) is 5.69 Å². The molecule has 0 amide bonds. The molecule has 1 saturated carbocycles. The molecule has 1 unspecified atom stereocenters. The summed E-state index contributed by atoms with van der Waals surface area (Å²) in [4.78, 5) is 0.111. The van der Waals surface area contributed by atoms with E-state index in [0.29, 0.717) is 11.3 Å². The number of benzene rings is 2. The number of hydrogen-bond donors (Lipinski definition) is 0. The SMILES string of the molecule is CCOP(=O)(OCC)C1(C#N)C/C1=C\N(c1ccccc1)S(=O)(=O)c1ccc(C)cc1. The van der Waals surface area contributed by atoms with Crippen molar-refractivity contribution in [3.05, 3.63) is 71.9 Å². The molecule has 0 spiro atoms. The van der Waals surface area contributed by atoms with E-state index in [1.807, 2.05) is 6.92 Å². The fraction of sp³-hybridized carbons (Fsp3) is 0.318. The van der Waals surface area contributed by atoms with Crippen molar-refractivity contribution in [2.45, 2.75) is 37.2 Å². The second-order valence-corrected chi connectivity index (χ2v) is 11.2. The number of anilines is 1. The minimum atomic E-state index is -3.98. The van der Waals surface area contributed by atoms with Gasteiger partial charge in [0.15, 0.2) is 5.16 Å². The van der Waals surface area contributed by atoms with E-state index in [9.17, 15) is 18.2 Å². The molecular formula is C22H25N2O5PS. The van der Waals surface area contributed by atoms with Crippen molar-refractivity contribution in [1.82, 2.24) is 0 Å². The Labute approximate surface area is 183 Å². The van der Waals surface area contributed by atoms with E-state index >= 15 is 0 Å². The monoisotopic (exact) mass is 460 g/mol. The summed E-state index contributed by atoms with van der Waals surface area (Å²) in [6.07, 6.45) is 1.48. The van der Waals surface area contributed by atoms with Gasteiger partial charge in [-0.1, -0.05) is 35.9 Å². The van der Waals surface area contributed by atoms with E-state index in [1.54, 1.807) is 56.3 Å². The maximum atomic E-state index is 13.5. The third-order valence-corrected chi connectivity index (χ3v) is 9.34. The molecule has 0 saturated heterocycles. The van der Waals surface area contributed by atoms with Gasteiger partial charge in [-0.3, -0.25) is 4.57 Å². The van der Waals surface area contributed by atoms with Crippen molar-refractivity contribution in [2.75, 3.05) is 17.5 Å². The molecule has 2 aromatic carbocycles. The first-order valence-electron chi connectivity index (χ1n) is 9.92. The van der Waals surface area contributed by atoms with Crippen LogP contribution in [0.15, 0.2) is 71.3 Å². The molecule has 0 aromatic heterocycles. The zero-order chi connectivity index (χ0) is 22.7. The maximum absolute atomic E-state index is 13.5. The van der Waals surface area contributed by atoms with E-state index in [-0.39, 0.29) is 24.5 Å². The summed E-state index contributed by atoms with van der Waals surface area (Å²) >= 11 is 0. The molecule has 0 bridgehead atoms. The summed E-state index contributed by atoms with van der Waals surface area (Å²) < 4.78 is 52.2. The lowest BCUT2D eigenvalue weighted by Gasteiger charge is -2.23. The number of para-hydroxylation sites is 1. The minimum Gasteiger partial charge on any atom is -0.308 e. The molecule has 7 nitrogen and oxygen atoms in total. The third kappa shape index (κ3) is 4.32. The van der Waals surface area contributed by atoms with Crippen LogP contribution in [0.1, 0.15) is 25.8 Å². The largest absolute Gasteiger partial charge is 0.355 e. The summed E-state index contributed by atoms with van der Waals surface area (Å²) in [6, 6.07) is 17.1. The van der Waals surface area contributed by atoms with Crippen LogP contribution in [-0.4, -0.2) is 26.8 Å². The first-order chi connectivity index (χ1) is 14.7. The number of nitriles is 1. The fourth-order valence-corrected chi connectivity index (χ4v) is 6.71. The smallest absolute Gasteiger partial charge is 0.308 e. The highest BCUT2D eigenvalue weighted by Crippen LogP contribution is 2.73. The zero-order valence-electron chi connectivity index (χ0n) is 17.7. The maximum Gasteiger partial charge on any atom is 0.355 e. The minimum absolute atomic E-state index is 0.105. The molecular weight excluding hydrogens is 435 g/mol. The first kappa shape index (κ1) is 23.2. The number of nitrogens with zero attached hydrogens (tertiary/aromatic N) is 2. The summed E-state index contributed by atoms with van der Waals surface area (Å²) in [5.74, 6) is 0. The highest BCUT2D eigenvalue weighted by Gasteiger charge is 2.66. The molecule has 9 heteroatoms. The summed E-state index contributed by atoms with van der Waals surface area (Å²) in [6.45, 7) is 5.43. The molecule has 0 aliphatic heterocycles. The normalized spacial score (nSPS) is 19.7. The van der Waals surface area contributed by atoms with Crippen LogP contribution in [0.3, 0.4) is 0 Å². The molecule has 0 radical (unpaired) electrons. The number of hydrogen-bond acceptors (Lipinski definition) is 6. The van der Waals surface area contributed by atoms with E-state index in [4.69, 9.17) is 9.05 Å². The second-order valence-electron chi connectivity index (χ2n) is 7.09. The Morgan fingerprint density at radius 1 is 1.10 bits per heavy atom. The van der Waals surface area contributed by atoms with Gasteiger partial charge >= 0.3 is 7.60 Å². The lowest BCUT2D eigenvalue weighted by molar-refractivity contribution is 0.215. The average Bonchev–Trinajstić information content (AvgIpc) is 3.48. The molecule has 0 N–H and O–H groups in total. The van der Waals surface area contributed by atoms with Gasteiger partial charge in [0.05, 0.1) is 29.9 Å². The second kappa shape index (κ2) is 8.97. The van der Waals surface area contributed by atoms with Crippen LogP contribution in [0.25, 0.3) is 0 Å². The quantitative estimate of drug-likeness (QED) is 0.488. The lowest BCUT2D eigenvalue weighted by Crippen LogP contribution is -2.26. The van der Waals surface area contributed by atoms with Gasteiger partial charge in [0.1, 0.15) is 0 Å². The number of allylic oxidation sites excluding steroid dienone is 1. The van der Waals surface area contributed by atoms with E-state index in [1.165, 1.54) is 18.3 Å². The predicted octanol–water partition coefficient (Wildman–Crippen LogP) is 5.01. The van der Waals surface area contributed by atoms with Gasteiger partial charge < -0.3 is 9.05 Å². The first-order valence-corrected chi connectivity index (χ1v) is 12.9. The Morgan fingerprint density at radius 3 is 2.19 bits per heavy atom. The molecule has 1 fully saturated rings. The number of sulfonamides is 1. The average molecular weight is 460 g/mol. The Morgan fingerprint density at radius 2 is 1.68 bits per heavy atom. The van der Waals surface area contributed by atoms with Gasteiger partial charge in [-0.05, 0) is 50.6 Å². The topological polar surface area (TPSA) is 96.7 Å². The van der Waals surface area contributed by atoms with E-state index < -0.39 is 22.8 Å². The van der Waals surface area contributed by atoms with Crippen LogP contribution in [0.2, 0.25) is 0 Å². The van der Waals surface area contributed by atoms with Crippen LogP contribution in [0, 0.1) is 18.3 Å². The third-order valence-electron chi connectivity index (χ3n) is 4.96. The van der Waals surface area contributed by atoms with Gasteiger partial charge in [-0.15, -0.1) is 0 Å². The van der Waals surface area contributed by atoms with Crippen LogP contribution in [0.5, 0.6) is 0 Å². The van der Waals surface area contributed by atoms with E-state index in [2.05, 4.69) is 6.07 Å².